The molecule has 17 heavy (non-hydrogen) atoms. The molecule has 0 spiro atoms. The highest BCUT2D eigenvalue weighted by Gasteiger charge is 2.04. The van der Waals surface area contributed by atoms with E-state index in [-0.39, 0.29) is 6.01 Å². The van der Waals surface area contributed by atoms with Crippen LogP contribution in [0, 0.1) is 0 Å². The van der Waals surface area contributed by atoms with Crippen LogP contribution in [0.3, 0.4) is 0 Å². The van der Waals surface area contributed by atoms with Crippen molar-refractivity contribution in [2.24, 2.45) is 7.05 Å². The summed E-state index contributed by atoms with van der Waals surface area (Å²) in [5.41, 5.74) is 0. The van der Waals surface area contributed by atoms with Crippen molar-refractivity contribution >= 4 is 5.95 Å². The number of ether oxygens (including phenoxy) is 1. The van der Waals surface area contributed by atoms with Gasteiger partial charge in [-0.05, 0) is 6.42 Å². The summed E-state index contributed by atoms with van der Waals surface area (Å²) in [4.78, 5) is 12.2. The molecule has 0 unspecified atom stereocenters. The van der Waals surface area contributed by atoms with Crippen LogP contribution in [-0.4, -0.2) is 31.3 Å². The molecular weight excluding hydrogens is 220 g/mol. The highest BCUT2D eigenvalue weighted by molar-refractivity contribution is 5.28. The fraction of sp³-hybridized carbons (Fsp3) is 0.400. The van der Waals surface area contributed by atoms with E-state index in [4.69, 9.17) is 4.74 Å². The predicted molar refractivity (Wildman–Crippen MR) is 61.9 cm³/mol. The number of aryl methyl sites for hydroxylation is 1. The minimum Gasteiger partial charge on any atom is -0.404 e. The zero-order chi connectivity index (χ0) is 12.1. The second-order valence-electron chi connectivity index (χ2n) is 3.45. The third-order valence-electron chi connectivity index (χ3n) is 1.94. The number of rotatable bonds is 5. The summed E-state index contributed by atoms with van der Waals surface area (Å²) in [5.74, 6) is 0.963. The van der Waals surface area contributed by atoms with Crippen molar-refractivity contribution in [3.63, 3.8) is 0 Å². The topological polar surface area (TPSA) is 77.8 Å². The fourth-order valence-electron chi connectivity index (χ4n) is 1.18. The second kappa shape index (κ2) is 5.24. The third-order valence-corrected chi connectivity index (χ3v) is 1.94. The molecule has 1 N–H and O–H groups in total. The number of aromatic nitrogens is 5. The predicted octanol–water partition coefficient (Wildman–Crippen LogP) is 1.22. The summed E-state index contributed by atoms with van der Waals surface area (Å²) in [6, 6.07) is 1.93. The van der Waals surface area contributed by atoms with Crippen LogP contribution in [0.25, 0.3) is 0 Å². The molecule has 2 aromatic heterocycles. The lowest BCUT2D eigenvalue weighted by Gasteiger charge is -2.04. The van der Waals surface area contributed by atoms with Gasteiger partial charge in [0.1, 0.15) is 6.33 Å². The van der Waals surface area contributed by atoms with Crippen molar-refractivity contribution in [1.82, 2.24) is 24.7 Å². The number of hydrogen-bond acceptors (Lipinski definition) is 6. The van der Waals surface area contributed by atoms with Crippen molar-refractivity contribution in [2.45, 2.75) is 13.3 Å². The zero-order valence-electron chi connectivity index (χ0n) is 9.79. The SMILES string of the molecule is CCCNc1nccc(Oc2ncn(C)n2)n1. The Balaban J connectivity index is 2.05. The molecule has 0 radical (unpaired) electrons. The smallest absolute Gasteiger partial charge is 0.342 e. The molecule has 0 atom stereocenters. The van der Waals surface area contributed by atoms with Crippen LogP contribution in [0.1, 0.15) is 13.3 Å². The lowest BCUT2D eigenvalue weighted by atomic mass is 10.5. The molecule has 2 heterocycles. The lowest BCUT2D eigenvalue weighted by Crippen LogP contribution is -2.04. The van der Waals surface area contributed by atoms with E-state index >= 15 is 0 Å². The Morgan fingerprint density at radius 1 is 1.41 bits per heavy atom. The largest absolute Gasteiger partial charge is 0.404 e. The van der Waals surface area contributed by atoms with Gasteiger partial charge in [0, 0.05) is 25.9 Å². The molecule has 0 aliphatic carbocycles. The number of nitrogens with zero attached hydrogens (tertiary/aromatic N) is 5. The Kier molecular flexibility index (Phi) is 3.49. The molecule has 0 aromatic carbocycles. The molecule has 0 aliphatic rings. The van der Waals surface area contributed by atoms with Gasteiger partial charge in [0.05, 0.1) is 0 Å². The lowest BCUT2D eigenvalue weighted by molar-refractivity contribution is 0.422. The van der Waals surface area contributed by atoms with Crippen LogP contribution < -0.4 is 10.1 Å². The van der Waals surface area contributed by atoms with E-state index in [9.17, 15) is 0 Å². The van der Waals surface area contributed by atoms with Gasteiger partial charge >= 0.3 is 6.01 Å². The first-order valence-electron chi connectivity index (χ1n) is 5.38. The van der Waals surface area contributed by atoms with Crippen LogP contribution in [0.4, 0.5) is 5.95 Å². The molecular formula is C10H14N6O. The second-order valence-corrected chi connectivity index (χ2v) is 3.45. The number of nitrogens with one attached hydrogen (secondary N) is 1. The molecule has 7 heteroatoms. The van der Waals surface area contributed by atoms with E-state index in [0.29, 0.717) is 11.8 Å². The van der Waals surface area contributed by atoms with Gasteiger partial charge in [0.25, 0.3) is 0 Å². The van der Waals surface area contributed by atoms with E-state index in [1.807, 2.05) is 0 Å². The standard InChI is InChI=1S/C10H14N6O/c1-3-5-11-9-12-6-4-8(14-9)17-10-13-7-16(2)15-10/h4,6-7H,3,5H2,1-2H3,(H,11,12,14). The Bertz CT molecular complexity index is 483. The number of hydrogen-bond donors (Lipinski definition) is 1. The molecule has 0 fully saturated rings. The monoisotopic (exact) mass is 234 g/mol. The van der Waals surface area contributed by atoms with Crippen molar-refractivity contribution < 1.29 is 4.74 Å². The van der Waals surface area contributed by atoms with Gasteiger partial charge in [-0.25, -0.2) is 4.98 Å². The first-order chi connectivity index (χ1) is 8.28. The minimum atomic E-state index is 0.271. The maximum absolute atomic E-state index is 5.39. The summed E-state index contributed by atoms with van der Waals surface area (Å²) < 4.78 is 6.95. The first kappa shape index (κ1) is 11.3. The highest BCUT2D eigenvalue weighted by atomic mass is 16.5. The van der Waals surface area contributed by atoms with E-state index in [2.05, 4.69) is 32.3 Å². The molecule has 0 saturated heterocycles. The van der Waals surface area contributed by atoms with Gasteiger partial charge in [-0.2, -0.15) is 9.97 Å². The van der Waals surface area contributed by atoms with Gasteiger partial charge < -0.3 is 10.1 Å². The zero-order valence-corrected chi connectivity index (χ0v) is 9.79. The number of anilines is 1. The Labute approximate surface area is 98.9 Å². The molecule has 0 amide bonds. The minimum absolute atomic E-state index is 0.271. The summed E-state index contributed by atoms with van der Waals surface area (Å²) in [6.07, 6.45) is 4.20. The van der Waals surface area contributed by atoms with Gasteiger partial charge in [-0.15, -0.1) is 5.10 Å². The van der Waals surface area contributed by atoms with E-state index in [1.165, 1.54) is 0 Å². The summed E-state index contributed by atoms with van der Waals surface area (Å²) in [5, 5.41) is 7.08. The van der Waals surface area contributed by atoms with E-state index < -0.39 is 0 Å². The van der Waals surface area contributed by atoms with E-state index in [1.54, 1.807) is 30.3 Å². The molecule has 0 bridgehead atoms. The molecule has 90 valence electrons. The van der Waals surface area contributed by atoms with Crippen molar-refractivity contribution in [1.29, 1.82) is 0 Å². The van der Waals surface area contributed by atoms with E-state index in [0.717, 1.165) is 13.0 Å². The van der Waals surface area contributed by atoms with Gasteiger partial charge in [0.15, 0.2) is 0 Å². The quantitative estimate of drug-likeness (QED) is 0.838. The average Bonchev–Trinajstić information content (AvgIpc) is 2.73. The summed E-state index contributed by atoms with van der Waals surface area (Å²) in [7, 11) is 1.77. The van der Waals surface area contributed by atoms with Crippen LogP contribution in [0.15, 0.2) is 18.6 Å². The van der Waals surface area contributed by atoms with Crippen molar-refractivity contribution in [3.8, 4) is 11.9 Å². The molecule has 0 aliphatic heterocycles. The maximum atomic E-state index is 5.39. The third kappa shape index (κ3) is 3.13. The van der Waals surface area contributed by atoms with Crippen molar-refractivity contribution in [3.05, 3.63) is 18.6 Å². The summed E-state index contributed by atoms with van der Waals surface area (Å²) >= 11 is 0. The van der Waals surface area contributed by atoms with Crippen LogP contribution in [0.5, 0.6) is 11.9 Å². The average molecular weight is 234 g/mol. The van der Waals surface area contributed by atoms with Crippen LogP contribution in [0.2, 0.25) is 0 Å². The normalized spacial score (nSPS) is 10.2. The molecule has 0 saturated carbocycles. The molecule has 2 aromatic rings. The van der Waals surface area contributed by atoms with Crippen LogP contribution in [-0.2, 0) is 7.05 Å². The van der Waals surface area contributed by atoms with Crippen molar-refractivity contribution in [2.75, 3.05) is 11.9 Å². The Hall–Kier alpha value is -2.18. The summed E-state index contributed by atoms with van der Waals surface area (Å²) in [6.45, 7) is 2.90. The first-order valence-corrected chi connectivity index (χ1v) is 5.38. The molecule has 7 nitrogen and oxygen atoms in total. The Morgan fingerprint density at radius 2 is 2.29 bits per heavy atom. The van der Waals surface area contributed by atoms with Gasteiger partial charge in [0.2, 0.25) is 11.8 Å². The van der Waals surface area contributed by atoms with Gasteiger partial charge in [-0.1, -0.05) is 6.92 Å². The highest BCUT2D eigenvalue weighted by Crippen LogP contribution is 2.14. The molecule has 2 rings (SSSR count). The Morgan fingerprint density at radius 3 is 3.00 bits per heavy atom. The van der Waals surface area contributed by atoms with Gasteiger partial charge in [-0.3, -0.25) is 4.68 Å². The fourth-order valence-corrected chi connectivity index (χ4v) is 1.18. The van der Waals surface area contributed by atoms with Crippen LogP contribution >= 0.6 is 0 Å². The maximum Gasteiger partial charge on any atom is 0.342 e.